The van der Waals surface area contributed by atoms with Crippen LogP contribution in [-0.4, -0.2) is 23.0 Å². The van der Waals surface area contributed by atoms with Gasteiger partial charge in [-0.25, -0.2) is 4.98 Å². The molecule has 0 fully saturated rings. The fraction of sp³-hybridized carbons (Fsp3) is 0.125. The van der Waals surface area contributed by atoms with Crippen LogP contribution in [0, 0.1) is 0 Å². The zero-order chi connectivity index (χ0) is 18.0. The van der Waals surface area contributed by atoms with Crippen molar-refractivity contribution in [3.63, 3.8) is 0 Å². The monoisotopic (exact) mass is 396 g/mol. The van der Waals surface area contributed by atoms with Crippen molar-refractivity contribution in [2.45, 2.75) is 11.6 Å². The highest BCUT2D eigenvalue weighted by atomic mass is 35.5. The molecule has 0 unspecified atom stereocenters. The van der Waals surface area contributed by atoms with E-state index in [1.165, 1.54) is 15.2 Å². The molecule has 1 aromatic carbocycles. The molecular formula is C16H14Cl2N4O2S. The van der Waals surface area contributed by atoms with E-state index in [9.17, 15) is 8.42 Å². The second kappa shape index (κ2) is 7.03. The van der Waals surface area contributed by atoms with Crippen LogP contribution in [0.4, 0.5) is 5.69 Å². The first-order chi connectivity index (χ1) is 11.9. The number of hydrogen-bond acceptors (Lipinski definition) is 4. The third-order valence-corrected chi connectivity index (χ3v) is 6.05. The van der Waals surface area contributed by atoms with Gasteiger partial charge in [0.2, 0.25) is 5.03 Å². The van der Waals surface area contributed by atoms with Crippen LogP contribution in [0.5, 0.6) is 0 Å². The summed E-state index contributed by atoms with van der Waals surface area (Å²) in [5.74, 6) is 0. The van der Waals surface area contributed by atoms with Gasteiger partial charge in [0.05, 0.1) is 18.6 Å². The molecule has 0 aliphatic heterocycles. The fourth-order valence-corrected chi connectivity index (χ4v) is 4.23. The number of sulfonamides is 1. The molecule has 2 aromatic heterocycles. The Balaban J connectivity index is 2.10. The van der Waals surface area contributed by atoms with Gasteiger partial charge in [0.25, 0.3) is 10.0 Å². The predicted molar refractivity (Wildman–Crippen MR) is 97.3 cm³/mol. The minimum absolute atomic E-state index is 0.0464. The van der Waals surface area contributed by atoms with Crippen molar-refractivity contribution >= 4 is 38.9 Å². The average Bonchev–Trinajstić information content (AvgIpc) is 2.94. The maximum atomic E-state index is 13.2. The van der Waals surface area contributed by atoms with Gasteiger partial charge in [-0.1, -0.05) is 29.3 Å². The number of imidazole rings is 1. The second-order valence-corrected chi connectivity index (χ2v) is 7.87. The molecule has 0 spiro atoms. The summed E-state index contributed by atoms with van der Waals surface area (Å²) in [6, 6.07) is 10.1. The van der Waals surface area contributed by atoms with Crippen LogP contribution >= 0.6 is 23.2 Å². The third-order valence-electron chi connectivity index (χ3n) is 3.53. The largest absolute Gasteiger partial charge is 0.324 e. The molecule has 0 radical (unpaired) electrons. The minimum Gasteiger partial charge on any atom is -0.324 e. The van der Waals surface area contributed by atoms with Gasteiger partial charge in [-0.05, 0) is 35.9 Å². The van der Waals surface area contributed by atoms with Crippen molar-refractivity contribution in [3.8, 4) is 0 Å². The van der Waals surface area contributed by atoms with Gasteiger partial charge < -0.3 is 4.57 Å². The SMILES string of the molecule is Cn1cnc(S(=O)(=O)N(Cc2cccnc2)c2ccc(Cl)cc2)c1Cl. The summed E-state index contributed by atoms with van der Waals surface area (Å²) in [4.78, 5) is 7.99. The highest BCUT2D eigenvalue weighted by Crippen LogP contribution is 2.29. The van der Waals surface area contributed by atoms with Crippen LogP contribution in [0.2, 0.25) is 10.2 Å². The third kappa shape index (κ3) is 3.63. The number of halogens is 2. The number of pyridine rings is 1. The summed E-state index contributed by atoms with van der Waals surface area (Å²) in [6.07, 6.45) is 4.60. The molecule has 0 atom stereocenters. The average molecular weight is 397 g/mol. The summed E-state index contributed by atoms with van der Waals surface area (Å²) < 4.78 is 29.0. The molecule has 25 heavy (non-hydrogen) atoms. The molecule has 0 aliphatic rings. The van der Waals surface area contributed by atoms with E-state index in [1.807, 2.05) is 0 Å². The van der Waals surface area contributed by atoms with E-state index in [4.69, 9.17) is 23.2 Å². The van der Waals surface area contributed by atoms with Gasteiger partial charge in [0.15, 0.2) is 0 Å². The van der Waals surface area contributed by atoms with Crippen LogP contribution < -0.4 is 4.31 Å². The number of rotatable bonds is 5. The molecular weight excluding hydrogens is 383 g/mol. The maximum absolute atomic E-state index is 13.2. The first-order valence-electron chi connectivity index (χ1n) is 7.23. The number of nitrogens with zero attached hydrogens (tertiary/aromatic N) is 4. The summed E-state index contributed by atoms with van der Waals surface area (Å²) in [5, 5.41) is 0.360. The molecule has 0 N–H and O–H groups in total. The second-order valence-electron chi connectivity index (χ2n) is 5.30. The maximum Gasteiger partial charge on any atom is 0.285 e. The van der Waals surface area contributed by atoms with Crippen molar-refractivity contribution in [1.29, 1.82) is 0 Å². The fourth-order valence-electron chi connectivity index (χ4n) is 2.25. The lowest BCUT2D eigenvalue weighted by Crippen LogP contribution is -2.31. The predicted octanol–water partition coefficient (Wildman–Crippen LogP) is 3.52. The van der Waals surface area contributed by atoms with E-state index in [0.717, 1.165) is 5.56 Å². The van der Waals surface area contributed by atoms with Crippen molar-refractivity contribution in [1.82, 2.24) is 14.5 Å². The summed E-state index contributed by atoms with van der Waals surface area (Å²) in [6.45, 7) is 0.0880. The molecule has 0 saturated heterocycles. The molecule has 6 nitrogen and oxygen atoms in total. The first-order valence-corrected chi connectivity index (χ1v) is 9.43. The van der Waals surface area contributed by atoms with Gasteiger partial charge in [-0.2, -0.15) is 8.42 Å². The smallest absolute Gasteiger partial charge is 0.285 e. The van der Waals surface area contributed by atoms with Crippen molar-refractivity contribution in [3.05, 3.63) is 70.9 Å². The Labute approximate surface area is 155 Å². The Bertz CT molecular complexity index is 973. The van der Waals surface area contributed by atoms with Crippen molar-refractivity contribution < 1.29 is 8.42 Å². The topological polar surface area (TPSA) is 68.1 Å². The highest BCUT2D eigenvalue weighted by Gasteiger charge is 2.30. The van der Waals surface area contributed by atoms with Gasteiger partial charge in [-0.3, -0.25) is 9.29 Å². The van der Waals surface area contributed by atoms with E-state index in [0.29, 0.717) is 10.7 Å². The molecule has 0 aliphatic carbocycles. The Morgan fingerprint density at radius 3 is 2.44 bits per heavy atom. The zero-order valence-corrected chi connectivity index (χ0v) is 15.5. The zero-order valence-electron chi connectivity index (χ0n) is 13.2. The van der Waals surface area contributed by atoms with Crippen LogP contribution in [-0.2, 0) is 23.6 Å². The van der Waals surface area contributed by atoms with E-state index < -0.39 is 10.0 Å². The van der Waals surface area contributed by atoms with Gasteiger partial charge in [0.1, 0.15) is 5.15 Å². The van der Waals surface area contributed by atoms with Crippen LogP contribution in [0.3, 0.4) is 0 Å². The Morgan fingerprint density at radius 2 is 1.88 bits per heavy atom. The lowest BCUT2D eigenvalue weighted by Gasteiger charge is -2.23. The van der Waals surface area contributed by atoms with Gasteiger partial charge in [0, 0.05) is 24.5 Å². The van der Waals surface area contributed by atoms with E-state index in [2.05, 4.69) is 9.97 Å². The highest BCUT2D eigenvalue weighted by molar-refractivity contribution is 7.92. The Morgan fingerprint density at radius 1 is 1.16 bits per heavy atom. The van der Waals surface area contributed by atoms with E-state index >= 15 is 0 Å². The van der Waals surface area contributed by atoms with E-state index in [1.54, 1.807) is 55.8 Å². The number of benzene rings is 1. The quantitative estimate of drug-likeness (QED) is 0.661. The van der Waals surface area contributed by atoms with E-state index in [-0.39, 0.29) is 16.7 Å². The molecule has 0 amide bonds. The lowest BCUT2D eigenvalue weighted by atomic mass is 10.2. The molecule has 0 saturated carbocycles. The van der Waals surface area contributed by atoms with Crippen LogP contribution in [0.15, 0.2) is 60.1 Å². The number of aromatic nitrogens is 3. The number of hydrogen-bond donors (Lipinski definition) is 0. The molecule has 2 heterocycles. The molecule has 130 valence electrons. The summed E-state index contributed by atoms with van der Waals surface area (Å²) >= 11 is 12.0. The molecule has 0 bridgehead atoms. The number of aryl methyl sites for hydroxylation is 1. The summed E-state index contributed by atoms with van der Waals surface area (Å²) in [7, 11) is -2.35. The lowest BCUT2D eigenvalue weighted by molar-refractivity contribution is 0.587. The number of anilines is 1. The van der Waals surface area contributed by atoms with Crippen molar-refractivity contribution in [2.24, 2.45) is 7.05 Å². The summed E-state index contributed by atoms with van der Waals surface area (Å²) in [5.41, 5.74) is 1.18. The first kappa shape index (κ1) is 17.7. The van der Waals surface area contributed by atoms with Crippen LogP contribution in [0.25, 0.3) is 0 Å². The Kier molecular flexibility index (Phi) is 4.99. The standard InChI is InChI=1S/C16H14Cl2N4O2S/c1-21-11-20-16(15(21)18)25(23,24)22(10-12-3-2-8-19-9-12)14-6-4-13(17)5-7-14/h2-9,11H,10H2,1H3. The normalized spacial score (nSPS) is 11.5. The molecule has 3 aromatic rings. The van der Waals surface area contributed by atoms with Gasteiger partial charge in [-0.15, -0.1) is 0 Å². The van der Waals surface area contributed by atoms with Crippen molar-refractivity contribution in [2.75, 3.05) is 4.31 Å². The minimum atomic E-state index is -3.98. The molecule has 3 rings (SSSR count). The molecule has 9 heteroatoms. The van der Waals surface area contributed by atoms with Crippen LogP contribution in [0.1, 0.15) is 5.56 Å². The Hall–Kier alpha value is -2.09. The van der Waals surface area contributed by atoms with Gasteiger partial charge >= 0.3 is 0 Å².